The Balaban J connectivity index is 1.68. The molecule has 26 heavy (non-hydrogen) atoms. The Morgan fingerprint density at radius 3 is 2.69 bits per heavy atom. The standard InChI is InChI=1S/C20H27N3O3/c1-13-7-6-8-14-11-16(21-17(13)14)18(24)23-10-9-15(12-23)22(5)19(25)26-20(2,3)4/h6-8,11,15,21H,9-10,12H2,1-5H3. The van der Waals surface area contributed by atoms with Crippen molar-refractivity contribution in [1.82, 2.24) is 14.8 Å². The largest absolute Gasteiger partial charge is 0.444 e. The lowest BCUT2D eigenvalue weighted by Gasteiger charge is -2.28. The van der Waals surface area contributed by atoms with Crippen LogP contribution in [0.25, 0.3) is 10.9 Å². The average molecular weight is 357 g/mol. The van der Waals surface area contributed by atoms with Gasteiger partial charge >= 0.3 is 6.09 Å². The Kier molecular flexibility index (Phi) is 4.69. The molecule has 2 amide bonds. The minimum Gasteiger partial charge on any atom is -0.444 e. The second-order valence-corrected chi connectivity index (χ2v) is 8.01. The molecule has 1 saturated heterocycles. The summed E-state index contributed by atoms with van der Waals surface area (Å²) in [5.41, 5.74) is 2.18. The number of likely N-dealkylation sites (tertiary alicyclic amines) is 1. The lowest BCUT2D eigenvalue weighted by molar-refractivity contribution is 0.0226. The van der Waals surface area contributed by atoms with Crippen LogP contribution < -0.4 is 0 Å². The summed E-state index contributed by atoms with van der Waals surface area (Å²) in [7, 11) is 1.74. The van der Waals surface area contributed by atoms with E-state index in [1.54, 1.807) is 16.8 Å². The number of para-hydroxylation sites is 1. The van der Waals surface area contributed by atoms with Gasteiger partial charge in [0.15, 0.2) is 0 Å². The van der Waals surface area contributed by atoms with E-state index >= 15 is 0 Å². The average Bonchev–Trinajstić information content (AvgIpc) is 3.19. The van der Waals surface area contributed by atoms with Gasteiger partial charge in [0.1, 0.15) is 11.3 Å². The van der Waals surface area contributed by atoms with Crippen LogP contribution in [0.2, 0.25) is 0 Å². The Morgan fingerprint density at radius 1 is 1.31 bits per heavy atom. The Morgan fingerprint density at radius 2 is 2.04 bits per heavy atom. The van der Waals surface area contributed by atoms with E-state index in [-0.39, 0.29) is 18.0 Å². The Bertz CT molecular complexity index is 834. The van der Waals surface area contributed by atoms with Crippen molar-refractivity contribution in [3.8, 4) is 0 Å². The number of hydrogen-bond donors (Lipinski definition) is 1. The van der Waals surface area contributed by atoms with E-state index in [1.165, 1.54) is 0 Å². The number of H-pyrrole nitrogens is 1. The quantitative estimate of drug-likeness (QED) is 0.894. The number of aryl methyl sites for hydroxylation is 1. The first-order valence-electron chi connectivity index (χ1n) is 8.99. The van der Waals surface area contributed by atoms with E-state index in [1.807, 2.05) is 52.0 Å². The molecule has 1 atom stereocenters. The monoisotopic (exact) mass is 357 g/mol. The summed E-state index contributed by atoms with van der Waals surface area (Å²) in [5, 5.41) is 1.04. The molecule has 3 rings (SSSR count). The SMILES string of the molecule is Cc1cccc2cc(C(=O)N3CCC(N(C)C(=O)OC(C)(C)C)C3)[nH]c12. The summed E-state index contributed by atoms with van der Waals surface area (Å²) in [5.74, 6) is -0.0271. The topological polar surface area (TPSA) is 65.6 Å². The van der Waals surface area contributed by atoms with Crippen molar-refractivity contribution in [2.24, 2.45) is 0 Å². The fourth-order valence-corrected chi connectivity index (χ4v) is 3.32. The molecule has 2 aromatic rings. The molecular weight excluding hydrogens is 330 g/mol. The van der Waals surface area contributed by atoms with E-state index in [9.17, 15) is 9.59 Å². The molecule has 0 radical (unpaired) electrons. The number of nitrogens with one attached hydrogen (secondary N) is 1. The van der Waals surface area contributed by atoms with Crippen molar-refractivity contribution < 1.29 is 14.3 Å². The first-order valence-corrected chi connectivity index (χ1v) is 8.99. The molecule has 0 bridgehead atoms. The molecule has 1 unspecified atom stereocenters. The van der Waals surface area contributed by atoms with Gasteiger partial charge in [-0.15, -0.1) is 0 Å². The van der Waals surface area contributed by atoms with Gasteiger partial charge < -0.3 is 19.5 Å². The molecule has 1 aromatic heterocycles. The maximum atomic E-state index is 12.9. The van der Waals surface area contributed by atoms with Crippen LogP contribution in [0.1, 0.15) is 43.2 Å². The molecule has 1 fully saturated rings. The van der Waals surface area contributed by atoms with Crippen LogP contribution in [-0.4, -0.2) is 58.6 Å². The summed E-state index contributed by atoms with van der Waals surface area (Å²) in [6.45, 7) is 8.71. The number of ether oxygens (including phenoxy) is 1. The van der Waals surface area contributed by atoms with Gasteiger partial charge in [-0.1, -0.05) is 18.2 Å². The molecular formula is C20H27N3O3. The number of aromatic nitrogens is 1. The molecule has 1 aliphatic rings. The van der Waals surface area contributed by atoms with Crippen LogP contribution in [0.4, 0.5) is 4.79 Å². The number of aromatic amines is 1. The molecule has 140 valence electrons. The van der Waals surface area contributed by atoms with E-state index in [0.717, 1.165) is 22.9 Å². The summed E-state index contributed by atoms with van der Waals surface area (Å²) < 4.78 is 5.42. The highest BCUT2D eigenvalue weighted by atomic mass is 16.6. The van der Waals surface area contributed by atoms with Crippen molar-refractivity contribution in [3.63, 3.8) is 0 Å². The summed E-state index contributed by atoms with van der Waals surface area (Å²) in [4.78, 5) is 31.7. The van der Waals surface area contributed by atoms with Gasteiger partial charge in [-0.05, 0) is 45.7 Å². The minimum atomic E-state index is -0.526. The van der Waals surface area contributed by atoms with Crippen molar-refractivity contribution in [1.29, 1.82) is 0 Å². The number of fused-ring (bicyclic) bond motifs is 1. The predicted octanol–water partition coefficient (Wildman–Crippen LogP) is 3.56. The molecule has 1 N–H and O–H groups in total. The third kappa shape index (κ3) is 3.69. The van der Waals surface area contributed by atoms with Gasteiger partial charge in [0.05, 0.1) is 6.04 Å². The predicted molar refractivity (Wildman–Crippen MR) is 101 cm³/mol. The van der Waals surface area contributed by atoms with Gasteiger partial charge in [-0.2, -0.15) is 0 Å². The smallest absolute Gasteiger partial charge is 0.410 e. The van der Waals surface area contributed by atoms with Crippen LogP contribution in [0.3, 0.4) is 0 Å². The number of benzene rings is 1. The van der Waals surface area contributed by atoms with Crippen LogP contribution >= 0.6 is 0 Å². The van der Waals surface area contributed by atoms with E-state index in [2.05, 4.69) is 4.98 Å². The molecule has 1 aliphatic heterocycles. The molecule has 0 saturated carbocycles. The maximum Gasteiger partial charge on any atom is 0.410 e. The Labute approximate surface area is 154 Å². The van der Waals surface area contributed by atoms with Crippen molar-refractivity contribution >= 4 is 22.9 Å². The lowest BCUT2D eigenvalue weighted by Crippen LogP contribution is -2.42. The zero-order chi connectivity index (χ0) is 19.1. The minimum absolute atomic E-state index is 0.0271. The van der Waals surface area contributed by atoms with Crippen molar-refractivity contribution in [2.45, 2.75) is 45.8 Å². The van der Waals surface area contributed by atoms with Crippen LogP contribution in [-0.2, 0) is 4.74 Å². The number of nitrogens with zero attached hydrogens (tertiary/aromatic N) is 2. The zero-order valence-electron chi connectivity index (χ0n) is 16.1. The number of amides is 2. The molecule has 0 spiro atoms. The highest BCUT2D eigenvalue weighted by Gasteiger charge is 2.33. The van der Waals surface area contributed by atoms with E-state index in [0.29, 0.717) is 18.8 Å². The number of carbonyl (C=O) groups excluding carboxylic acids is 2. The third-order valence-electron chi connectivity index (χ3n) is 4.77. The molecule has 0 aliphatic carbocycles. The van der Waals surface area contributed by atoms with Gasteiger partial charge in [0.25, 0.3) is 5.91 Å². The van der Waals surface area contributed by atoms with Gasteiger partial charge in [-0.3, -0.25) is 4.79 Å². The number of rotatable bonds is 2. The van der Waals surface area contributed by atoms with Crippen LogP contribution in [0, 0.1) is 6.92 Å². The van der Waals surface area contributed by atoms with Crippen molar-refractivity contribution in [2.75, 3.05) is 20.1 Å². The second-order valence-electron chi connectivity index (χ2n) is 8.01. The maximum absolute atomic E-state index is 12.9. The molecule has 2 heterocycles. The summed E-state index contributed by atoms with van der Waals surface area (Å²) >= 11 is 0. The Hall–Kier alpha value is -2.50. The molecule has 1 aromatic carbocycles. The normalized spacial score (nSPS) is 17.6. The molecule has 6 heteroatoms. The summed E-state index contributed by atoms with van der Waals surface area (Å²) in [6, 6.07) is 7.88. The lowest BCUT2D eigenvalue weighted by atomic mass is 10.2. The van der Waals surface area contributed by atoms with E-state index < -0.39 is 5.60 Å². The van der Waals surface area contributed by atoms with Crippen LogP contribution in [0.15, 0.2) is 24.3 Å². The first-order chi connectivity index (χ1) is 12.2. The number of carbonyl (C=O) groups is 2. The van der Waals surface area contributed by atoms with E-state index in [4.69, 9.17) is 4.74 Å². The first kappa shape index (κ1) is 18.3. The zero-order valence-corrected chi connectivity index (χ0v) is 16.1. The summed E-state index contributed by atoms with van der Waals surface area (Å²) in [6.07, 6.45) is 0.402. The number of hydrogen-bond acceptors (Lipinski definition) is 3. The fourth-order valence-electron chi connectivity index (χ4n) is 3.32. The third-order valence-corrected chi connectivity index (χ3v) is 4.77. The molecule has 6 nitrogen and oxygen atoms in total. The van der Waals surface area contributed by atoms with Crippen LogP contribution in [0.5, 0.6) is 0 Å². The highest BCUT2D eigenvalue weighted by molar-refractivity contribution is 5.98. The second kappa shape index (κ2) is 6.67. The van der Waals surface area contributed by atoms with Gasteiger partial charge in [0, 0.05) is 31.0 Å². The van der Waals surface area contributed by atoms with Gasteiger partial charge in [0.2, 0.25) is 0 Å². The number of likely N-dealkylation sites (N-methyl/N-ethyl adjacent to an activating group) is 1. The van der Waals surface area contributed by atoms with Gasteiger partial charge in [-0.25, -0.2) is 4.79 Å². The van der Waals surface area contributed by atoms with Crippen molar-refractivity contribution in [3.05, 3.63) is 35.5 Å². The fraction of sp³-hybridized carbons (Fsp3) is 0.500. The highest BCUT2D eigenvalue weighted by Crippen LogP contribution is 2.23.